The van der Waals surface area contributed by atoms with Gasteiger partial charge in [0.05, 0.1) is 0 Å². The monoisotopic (exact) mass is 189 g/mol. The molecule has 0 unspecified atom stereocenters. The first-order chi connectivity index (χ1) is 6.52. The molecule has 1 heterocycles. The molecule has 0 aliphatic carbocycles. The molecule has 0 amide bonds. The number of rotatable bonds is 1. The van der Waals surface area contributed by atoms with Crippen molar-refractivity contribution in [2.45, 2.75) is 39.0 Å². The molecule has 0 bridgehead atoms. The highest BCUT2D eigenvalue weighted by Crippen LogP contribution is 2.40. The number of hydrogen-bond acceptors (Lipinski definition) is 1. The summed E-state index contributed by atoms with van der Waals surface area (Å²) >= 11 is 0. The van der Waals surface area contributed by atoms with Crippen molar-refractivity contribution in [2.24, 2.45) is 0 Å². The average molecular weight is 189 g/mol. The summed E-state index contributed by atoms with van der Waals surface area (Å²) in [5, 5.41) is 3.54. The number of fused-ring (bicyclic) bond motifs is 1. The predicted octanol–water partition coefficient (Wildman–Crippen LogP) is 3.51. The molecule has 76 valence electrons. The quantitative estimate of drug-likeness (QED) is 0.712. The molecule has 0 saturated carbocycles. The minimum absolute atomic E-state index is 0.292. The molecule has 1 aromatic carbocycles. The molecule has 14 heavy (non-hydrogen) atoms. The molecule has 0 saturated heterocycles. The van der Waals surface area contributed by atoms with E-state index in [4.69, 9.17) is 0 Å². The van der Waals surface area contributed by atoms with Crippen molar-refractivity contribution in [2.75, 3.05) is 11.9 Å². The SMILES string of the molecule is CC(C)c1cccc2c1NCC2(C)C. The zero-order valence-electron chi connectivity index (χ0n) is 9.52. The molecule has 0 radical (unpaired) electrons. The zero-order valence-corrected chi connectivity index (χ0v) is 9.52. The van der Waals surface area contributed by atoms with Crippen molar-refractivity contribution < 1.29 is 0 Å². The summed E-state index contributed by atoms with van der Waals surface area (Å²) in [6, 6.07) is 6.67. The molecular weight excluding hydrogens is 170 g/mol. The third kappa shape index (κ3) is 1.31. The highest BCUT2D eigenvalue weighted by Gasteiger charge is 2.31. The van der Waals surface area contributed by atoms with Gasteiger partial charge in [0.15, 0.2) is 0 Å². The Balaban J connectivity index is 2.56. The van der Waals surface area contributed by atoms with E-state index in [1.54, 1.807) is 0 Å². The van der Waals surface area contributed by atoms with Crippen LogP contribution in [-0.2, 0) is 5.41 Å². The van der Waals surface area contributed by atoms with Gasteiger partial charge in [-0.05, 0) is 17.0 Å². The van der Waals surface area contributed by atoms with E-state index in [-0.39, 0.29) is 0 Å². The van der Waals surface area contributed by atoms with E-state index in [9.17, 15) is 0 Å². The van der Waals surface area contributed by atoms with E-state index in [0.717, 1.165) is 6.54 Å². The molecule has 1 aliphatic rings. The van der Waals surface area contributed by atoms with Gasteiger partial charge >= 0.3 is 0 Å². The second-order valence-corrected chi connectivity index (χ2v) is 5.16. The van der Waals surface area contributed by atoms with Crippen molar-refractivity contribution in [3.63, 3.8) is 0 Å². The van der Waals surface area contributed by atoms with Crippen molar-refractivity contribution in [3.05, 3.63) is 29.3 Å². The molecule has 1 nitrogen and oxygen atoms in total. The number of anilines is 1. The van der Waals surface area contributed by atoms with Gasteiger partial charge < -0.3 is 5.32 Å². The van der Waals surface area contributed by atoms with E-state index in [1.807, 2.05) is 0 Å². The van der Waals surface area contributed by atoms with Crippen LogP contribution < -0.4 is 5.32 Å². The van der Waals surface area contributed by atoms with E-state index in [2.05, 4.69) is 51.2 Å². The van der Waals surface area contributed by atoms with Crippen molar-refractivity contribution in [3.8, 4) is 0 Å². The first-order valence-electron chi connectivity index (χ1n) is 5.39. The Morgan fingerprint density at radius 3 is 2.64 bits per heavy atom. The Morgan fingerprint density at radius 2 is 2.00 bits per heavy atom. The third-order valence-corrected chi connectivity index (χ3v) is 3.15. The Hall–Kier alpha value is -0.980. The minimum atomic E-state index is 0.292. The smallest absolute Gasteiger partial charge is 0.0414 e. The second kappa shape index (κ2) is 3.01. The van der Waals surface area contributed by atoms with E-state index in [0.29, 0.717) is 11.3 Å². The van der Waals surface area contributed by atoms with Gasteiger partial charge in [-0.2, -0.15) is 0 Å². The number of benzene rings is 1. The number of hydrogen-bond donors (Lipinski definition) is 1. The molecule has 1 heteroatoms. The maximum Gasteiger partial charge on any atom is 0.0414 e. The summed E-state index contributed by atoms with van der Waals surface area (Å²) in [6.45, 7) is 10.2. The Labute approximate surface area is 86.5 Å². The van der Waals surface area contributed by atoms with Crippen LogP contribution in [0.5, 0.6) is 0 Å². The molecular formula is C13H19N. The van der Waals surface area contributed by atoms with Crippen molar-refractivity contribution >= 4 is 5.69 Å². The number of para-hydroxylation sites is 1. The third-order valence-electron chi connectivity index (χ3n) is 3.15. The van der Waals surface area contributed by atoms with Gasteiger partial charge in [-0.25, -0.2) is 0 Å². The lowest BCUT2D eigenvalue weighted by molar-refractivity contribution is 0.586. The fraction of sp³-hybridized carbons (Fsp3) is 0.538. The Morgan fingerprint density at radius 1 is 1.29 bits per heavy atom. The van der Waals surface area contributed by atoms with Crippen LogP contribution in [0.15, 0.2) is 18.2 Å². The summed E-state index contributed by atoms with van der Waals surface area (Å²) < 4.78 is 0. The minimum Gasteiger partial charge on any atom is -0.384 e. The van der Waals surface area contributed by atoms with E-state index in [1.165, 1.54) is 16.8 Å². The van der Waals surface area contributed by atoms with Gasteiger partial charge in [0.1, 0.15) is 0 Å². The summed E-state index contributed by atoms with van der Waals surface area (Å²) in [5.74, 6) is 0.603. The van der Waals surface area contributed by atoms with Crippen LogP contribution in [-0.4, -0.2) is 6.54 Å². The second-order valence-electron chi connectivity index (χ2n) is 5.16. The van der Waals surface area contributed by atoms with Gasteiger partial charge in [0, 0.05) is 17.6 Å². The molecule has 0 spiro atoms. The lowest BCUT2D eigenvalue weighted by Crippen LogP contribution is -2.18. The topological polar surface area (TPSA) is 12.0 Å². The van der Waals surface area contributed by atoms with Gasteiger partial charge in [0.2, 0.25) is 0 Å². The maximum atomic E-state index is 3.54. The standard InChI is InChI=1S/C13H19N/c1-9(2)10-6-5-7-11-12(10)14-8-13(11,3)4/h5-7,9,14H,8H2,1-4H3. The molecule has 0 aromatic heterocycles. The summed E-state index contributed by atoms with van der Waals surface area (Å²) in [7, 11) is 0. The molecule has 0 atom stereocenters. The highest BCUT2D eigenvalue weighted by atomic mass is 14.9. The lowest BCUT2D eigenvalue weighted by atomic mass is 9.85. The van der Waals surface area contributed by atoms with Crippen LogP contribution in [0.4, 0.5) is 5.69 Å². The first-order valence-corrected chi connectivity index (χ1v) is 5.39. The molecule has 0 fully saturated rings. The van der Waals surface area contributed by atoms with E-state index < -0.39 is 0 Å². The van der Waals surface area contributed by atoms with Crippen molar-refractivity contribution in [1.29, 1.82) is 0 Å². The summed E-state index contributed by atoms with van der Waals surface area (Å²) in [5.41, 5.74) is 4.60. The van der Waals surface area contributed by atoms with E-state index >= 15 is 0 Å². The fourth-order valence-corrected chi connectivity index (χ4v) is 2.22. The largest absolute Gasteiger partial charge is 0.384 e. The van der Waals surface area contributed by atoms with Gasteiger partial charge in [-0.3, -0.25) is 0 Å². The van der Waals surface area contributed by atoms with Gasteiger partial charge in [-0.15, -0.1) is 0 Å². The molecule has 1 aliphatic heterocycles. The van der Waals surface area contributed by atoms with Crippen LogP contribution in [0.1, 0.15) is 44.7 Å². The summed E-state index contributed by atoms with van der Waals surface area (Å²) in [4.78, 5) is 0. The average Bonchev–Trinajstić information content (AvgIpc) is 2.42. The zero-order chi connectivity index (χ0) is 10.3. The van der Waals surface area contributed by atoms with Crippen LogP contribution in [0.2, 0.25) is 0 Å². The highest BCUT2D eigenvalue weighted by molar-refractivity contribution is 5.65. The molecule has 1 aromatic rings. The Bertz CT molecular complexity index is 350. The van der Waals surface area contributed by atoms with Gasteiger partial charge in [-0.1, -0.05) is 45.9 Å². The van der Waals surface area contributed by atoms with Crippen LogP contribution in [0.25, 0.3) is 0 Å². The Kier molecular flexibility index (Phi) is 2.06. The fourth-order valence-electron chi connectivity index (χ4n) is 2.22. The molecule has 1 N–H and O–H groups in total. The normalized spacial score (nSPS) is 18.1. The van der Waals surface area contributed by atoms with Crippen LogP contribution in [0, 0.1) is 0 Å². The van der Waals surface area contributed by atoms with Crippen molar-refractivity contribution in [1.82, 2.24) is 0 Å². The van der Waals surface area contributed by atoms with Crippen LogP contribution in [0.3, 0.4) is 0 Å². The predicted molar refractivity (Wildman–Crippen MR) is 62.0 cm³/mol. The molecule has 2 rings (SSSR count). The lowest BCUT2D eigenvalue weighted by Gasteiger charge is -2.17. The maximum absolute atomic E-state index is 3.54. The van der Waals surface area contributed by atoms with Crippen LogP contribution >= 0.6 is 0 Å². The first kappa shape index (κ1) is 9.57. The summed E-state index contributed by atoms with van der Waals surface area (Å²) in [6.07, 6.45) is 0. The number of nitrogens with one attached hydrogen (secondary N) is 1. The van der Waals surface area contributed by atoms with Gasteiger partial charge in [0.25, 0.3) is 0 Å².